The molecule has 0 radical (unpaired) electrons. The van der Waals surface area contributed by atoms with Crippen molar-refractivity contribution in [3.63, 3.8) is 0 Å². The lowest BCUT2D eigenvalue weighted by Gasteiger charge is -2.36. The van der Waals surface area contributed by atoms with Crippen LogP contribution in [0, 0.1) is 0 Å². The van der Waals surface area contributed by atoms with Gasteiger partial charge in [0.1, 0.15) is 5.82 Å². The number of benzene rings is 1. The fraction of sp³-hybridized carbons (Fsp3) is 0.227. The second kappa shape index (κ2) is 8.49. The zero-order chi connectivity index (χ0) is 21.8. The molecule has 0 aliphatic carbocycles. The van der Waals surface area contributed by atoms with Gasteiger partial charge in [-0.25, -0.2) is 19.7 Å². The number of carbonyl (C=O) groups is 2. The molecule has 158 valence electrons. The van der Waals surface area contributed by atoms with Crippen molar-refractivity contribution in [3.8, 4) is 11.1 Å². The zero-order valence-electron chi connectivity index (χ0n) is 16.6. The summed E-state index contributed by atoms with van der Waals surface area (Å²) < 4.78 is 5.50. The van der Waals surface area contributed by atoms with E-state index in [-0.39, 0.29) is 17.4 Å². The molecular weight excluding hydrogens is 398 g/mol. The van der Waals surface area contributed by atoms with Crippen LogP contribution in [0.4, 0.5) is 11.8 Å². The maximum atomic E-state index is 13.3. The summed E-state index contributed by atoms with van der Waals surface area (Å²) in [5.74, 6) is -0.757. The van der Waals surface area contributed by atoms with E-state index in [9.17, 15) is 9.59 Å². The van der Waals surface area contributed by atoms with Gasteiger partial charge in [-0.05, 0) is 36.1 Å². The van der Waals surface area contributed by atoms with Crippen LogP contribution in [0.3, 0.4) is 0 Å². The Morgan fingerprint density at radius 3 is 2.19 bits per heavy atom. The van der Waals surface area contributed by atoms with E-state index in [2.05, 4.69) is 20.3 Å². The average molecular weight is 419 g/mol. The van der Waals surface area contributed by atoms with Crippen molar-refractivity contribution in [3.05, 3.63) is 66.1 Å². The van der Waals surface area contributed by atoms with Gasteiger partial charge in [0.15, 0.2) is 0 Å². The molecule has 0 spiro atoms. The lowest BCUT2D eigenvalue weighted by Crippen LogP contribution is -2.45. The van der Waals surface area contributed by atoms with E-state index >= 15 is 0 Å². The first kappa shape index (κ1) is 20.4. The van der Waals surface area contributed by atoms with Crippen molar-refractivity contribution in [2.24, 2.45) is 0 Å². The van der Waals surface area contributed by atoms with Crippen molar-refractivity contribution < 1.29 is 19.4 Å². The molecule has 31 heavy (non-hydrogen) atoms. The molecule has 9 heteroatoms. The molecule has 1 aliphatic heterocycles. The first-order valence-electron chi connectivity index (χ1n) is 9.75. The van der Waals surface area contributed by atoms with Crippen LogP contribution in [0.25, 0.3) is 11.1 Å². The third-order valence-electron chi connectivity index (χ3n) is 5.48. The second-order valence-corrected chi connectivity index (χ2v) is 7.29. The minimum atomic E-state index is -1.07. The first-order chi connectivity index (χ1) is 15.0. The molecule has 4 N–H and O–H groups in total. The van der Waals surface area contributed by atoms with Gasteiger partial charge in [-0.2, -0.15) is 0 Å². The fourth-order valence-electron chi connectivity index (χ4n) is 3.67. The van der Waals surface area contributed by atoms with Gasteiger partial charge < -0.3 is 20.9 Å². The minimum absolute atomic E-state index is 0.0565. The van der Waals surface area contributed by atoms with Crippen LogP contribution >= 0.6 is 0 Å². The third-order valence-corrected chi connectivity index (χ3v) is 5.48. The molecule has 1 aromatic carbocycles. The van der Waals surface area contributed by atoms with Crippen molar-refractivity contribution in [1.82, 2.24) is 15.0 Å². The van der Waals surface area contributed by atoms with Crippen LogP contribution in [0.1, 0.15) is 28.8 Å². The van der Waals surface area contributed by atoms with E-state index in [1.54, 1.807) is 12.4 Å². The molecule has 1 amide bonds. The summed E-state index contributed by atoms with van der Waals surface area (Å²) in [7, 11) is 0. The number of carboxylic acid groups (broad SMARTS) is 1. The topological polar surface area (TPSA) is 140 Å². The maximum absolute atomic E-state index is 13.3. The highest BCUT2D eigenvalue weighted by Crippen LogP contribution is 2.37. The number of amides is 1. The Balaban J connectivity index is 1.60. The number of ether oxygens (including phenoxy) is 1. The van der Waals surface area contributed by atoms with Crippen molar-refractivity contribution in [2.45, 2.75) is 18.3 Å². The van der Waals surface area contributed by atoms with E-state index in [0.717, 1.165) is 16.7 Å². The molecule has 1 aliphatic rings. The molecule has 9 nitrogen and oxygen atoms in total. The number of nitrogens with zero attached hydrogens (tertiary/aromatic N) is 3. The number of rotatable bonds is 5. The Morgan fingerprint density at radius 1 is 0.935 bits per heavy atom. The predicted octanol–water partition coefficient (Wildman–Crippen LogP) is 2.51. The van der Waals surface area contributed by atoms with Crippen LogP contribution in [0.15, 0.2) is 55.0 Å². The summed E-state index contributed by atoms with van der Waals surface area (Å²) in [5.41, 5.74) is 7.44. The van der Waals surface area contributed by atoms with Crippen LogP contribution in [-0.4, -0.2) is 45.1 Å². The quantitative estimate of drug-likeness (QED) is 0.573. The molecule has 0 bridgehead atoms. The van der Waals surface area contributed by atoms with Crippen LogP contribution in [-0.2, 0) is 14.9 Å². The van der Waals surface area contributed by atoms with Crippen molar-refractivity contribution >= 4 is 23.6 Å². The second-order valence-electron chi connectivity index (χ2n) is 7.29. The number of hydrogen-bond acceptors (Lipinski definition) is 7. The number of aromatic carboxylic acids is 1. The summed E-state index contributed by atoms with van der Waals surface area (Å²) in [4.78, 5) is 36.4. The summed E-state index contributed by atoms with van der Waals surface area (Å²) in [6, 6.07) is 10.6. The molecule has 1 saturated heterocycles. The highest BCUT2D eigenvalue weighted by molar-refractivity contribution is 5.99. The van der Waals surface area contributed by atoms with Gasteiger partial charge in [0.25, 0.3) is 0 Å². The van der Waals surface area contributed by atoms with E-state index < -0.39 is 11.4 Å². The zero-order valence-corrected chi connectivity index (χ0v) is 16.6. The van der Waals surface area contributed by atoms with Crippen LogP contribution < -0.4 is 11.1 Å². The smallest absolute Gasteiger partial charge is 0.337 e. The molecule has 0 atom stereocenters. The van der Waals surface area contributed by atoms with Crippen LogP contribution in [0.5, 0.6) is 0 Å². The first-order valence-corrected chi connectivity index (χ1v) is 9.75. The fourth-order valence-corrected chi connectivity index (χ4v) is 3.67. The Morgan fingerprint density at radius 2 is 1.61 bits per heavy atom. The third kappa shape index (κ3) is 4.22. The number of hydrogen-bond donors (Lipinski definition) is 3. The van der Waals surface area contributed by atoms with E-state index in [1.165, 1.54) is 18.3 Å². The summed E-state index contributed by atoms with van der Waals surface area (Å²) in [6.07, 6.45) is 5.58. The Bertz CT molecular complexity index is 1080. The highest BCUT2D eigenvalue weighted by Gasteiger charge is 2.42. The summed E-state index contributed by atoms with van der Waals surface area (Å²) in [6.45, 7) is 0.929. The molecule has 2 aromatic heterocycles. The number of anilines is 2. The Hall–Kier alpha value is -3.85. The summed E-state index contributed by atoms with van der Waals surface area (Å²) in [5, 5.41) is 11.9. The summed E-state index contributed by atoms with van der Waals surface area (Å²) >= 11 is 0. The number of carbonyl (C=O) groups excluding carboxylic acids is 1. The number of aromatic nitrogens is 3. The Labute approximate surface area is 178 Å². The van der Waals surface area contributed by atoms with Gasteiger partial charge in [0.2, 0.25) is 11.9 Å². The standard InChI is InChI=1S/C22H21N5O4/c23-21-25-12-16(13-26-21)14-1-4-17(5-2-14)22(7-9-31-10-8-22)20(30)27-18-6-3-15(11-24-18)19(28)29/h1-6,11-13H,7-10H2,(H,28,29)(H2,23,25,26)(H,24,27,30). The maximum Gasteiger partial charge on any atom is 0.337 e. The number of nitrogens with one attached hydrogen (secondary N) is 1. The molecule has 0 saturated carbocycles. The molecule has 0 unspecified atom stereocenters. The van der Waals surface area contributed by atoms with E-state index in [0.29, 0.717) is 31.9 Å². The highest BCUT2D eigenvalue weighted by atomic mass is 16.5. The van der Waals surface area contributed by atoms with Gasteiger partial charge in [-0.1, -0.05) is 24.3 Å². The van der Waals surface area contributed by atoms with Crippen LogP contribution in [0.2, 0.25) is 0 Å². The van der Waals surface area contributed by atoms with Gasteiger partial charge >= 0.3 is 5.97 Å². The monoisotopic (exact) mass is 419 g/mol. The molecule has 1 fully saturated rings. The average Bonchev–Trinajstić information content (AvgIpc) is 2.80. The number of carboxylic acids is 1. The van der Waals surface area contributed by atoms with Gasteiger partial charge in [0.05, 0.1) is 11.0 Å². The number of nitrogen functional groups attached to an aromatic ring is 1. The molecule has 3 heterocycles. The SMILES string of the molecule is Nc1ncc(-c2ccc(C3(C(=O)Nc4ccc(C(=O)O)cn4)CCOCC3)cc2)cn1. The molecule has 3 aromatic rings. The van der Waals surface area contributed by atoms with E-state index in [1.807, 2.05) is 24.3 Å². The van der Waals surface area contributed by atoms with Gasteiger partial charge in [0, 0.05) is 37.4 Å². The van der Waals surface area contributed by atoms with Crippen molar-refractivity contribution in [2.75, 3.05) is 24.3 Å². The van der Waals surface area contributed by atoms with Gasteiger partial charge in [-0.15, -0.1) is 0 Å². The lowest BCUT2D eigenvalue weighted by molar-refractivity contribution is -0.125. The number of pyridine rings is 1. The predicted molar refractivity (Wildman–Crippen MR) is 113 cm³/mol. The minimum Gasteiger partial charge on any atom is -0.478 e. The number of nitrogens with two attached hydrogens (primary N) is 1. The van der Waals surface area contributed by atoms with Gasteiger partial charge in [-0.3, -0.25) is 4.79 Å². The molecule has 4 rings (SSSR count). The lowest BCUT2D eigenvalue weighted by atomic mass is 9.73. The normalized spacial score (nSPS) is 15.2. The largest absolute Gasteiger partial charge is 0.478 e. The molecular formula is C22H21N5O4. The Kier molecular flexibility index (Phi) is 5.59. The van der Waals surface area contributed by atoms with Crippen molar-refractivity contribution in [1.29, 1.82) is 0 Å². The van der Waals surface area contributed by atoms with E-state index in [4.69, 9.17) is 15.6 Å².